The molecule has 1 aromatic carbocycles. The third-order valence-corrected chi connectivity index (χ3v) is 3.03. The van der Waals surface area contributed by atoms with Gasteiger partial charge in [-0.2, -0.15) is 13.2 Å². The van der Waals surface area contributed by atoms with Crippen LogP contribution < -0.4 is 5.32 Å². The number of benzene rings is 1. The van der Waals surface area contributed by atoms with Crippen molar-refractivity contribution in [3.8, 4) is 11.3 Å². The van der Waals surface area contributed by atoms with Crippen molar-refractivity contribution in [3.63, 3.8) is 0 Å². The molecule has 0 saturated heterocycles. The Hall–Kier alpha value is -2.16. The summed E-state index contributed by atoms with van der Waals surface area (Å²) in [4.78, 5) is 17.7. The predicted molar refractivity (Wildman–Crippen MR) is 76.3 cm³/mol. The second-order valence-corrected chi connectivity index (χ2v) is 5.13. The number of aromatic nitrogens is 2. The van der Waals surface area contributed by atoms with E-state index in [4.69, 9.17) is 5.11 Å². The number of hydrogen-bond acceptors (Lipinski definition) is 4. The number of alkyl halides is 3. The smallest absolute Gasteiger partial charge is 0.433 e. The van der Waals surface area contributed by atoms with Crippen LogP contribution in [0.25, 0.3) is 11.3 Å². The van der Waals surface area contributed by atoms with Gasteiger partial charge in [0.05, 0.1) is 5.69 Å². The maximum atomic E-state index is 12.9. The standard InChI is InChI=1S/C13H9BrF3N3O2/c14-8-3-1-2-7(4-8)9-5-10(13(15,16)17)20-12(19-9)18-6-11(21)22/h1-5H,6H2,(H,21,22)(H,18,19,20). The molecule has 0 aliphatic rings. The zero-order valence-corrected chi connectivity index (χ0v) is 12.4. The summed E-state index contributed by atoms with van der Waals surface area (Å²) in [5, 5.41) is 10.8. The minimum absolute atomic E-state index is 0.0384. The molecule has 2 rings (SSSR count). The number of carbonyl (C=O) groups is 1. The maximum Gasteiger partial charge on any atom is 0.433 e. The van der Waals surface area contributed by atoms with Gasteiger partial charge in [-0.3, -0.25) is 4.79 Å². The van der Waals surface area contributed by atoms with E-state index in [0.29, 0.717) is 10.0 Å². The third kappa shape index (κ3) is 4.17. The molecule has 22 heavy (non-hydrogen) atoms. The predicted octanol–water partition coefficient (Wildman–Crippen LogP) is 3.42. The van der Waals surface area contributed by atoms with Crippen LogP contribution in [-0.4, -0.2) is 27.6 Å². The van der Waals surface area contributed by atoms with Gasteiger partial charge in [0.25, 0.3) is 0 Å². The molecule has 0 radical (unpaired) electrons. The number of carboxylic acids is 1. The quantitative estimate of drug-likeness (QED) is 0.856. The Morgan fingerprint density at radius 1 is 1.27 bits per heavy atom. The van der Waals surface area contributed by atoms with Crippen molar-refractivity contribution >= 4 is 27.8 Å². The fourth-order valence-electron chi connectivity index (χ4n) is 1.62. The molecule has 2 aromatic rings. The van der Waals surface area contributed by atoms with Gasteiger partial charge in [0.15, 0.2) is 5.69 Å². The van der Waals surface area contributed by atoms with E-state index in [1.54, 1.807) is 24.3 Å². The molecule has 0 amide bonds. The molecule has 2 N–H and O–H groups in total. The molecule has 0 aliphatic heterocycles. The normalized spacial score (nSPS) is 11.3. The lowest BCUT2D eigenvalue weighted by atomic mass is 10.1. The molecule has 0 unspecified atom stereocenters. The Balaban J connectivity index is 2.48. The van der Waals surface area contributed by atoms with Gasteiger partial charge >= 0.3 is 12.1 Å². The Morgan fingerprint density at radius 2 is 2.00 bits per heavy atom. The van der Waals surface area contributed by atoms with E-state index in [1.807, 2.05) is 0 Å². The van der Waals surface area contributed by atoms with Gasteiger partial charge in [0.1, 0.15) is 6.54 Å². The second-order valence-electron chi connectivity index (χ2n) is 4.22. The monoisotopic (exact) mass is 375 g/mol. The van der Waals surface area contributed by atoms with Gasteiger partial charge in [-0.15, -0.1) is 0 Å². The fraction of sp³-hybridized carbons (Fsp3) is 0.154. The molecular formula is C13H9BrF3N3O2. The molecular weight excluding hydrogens is 367 g/mol. The van der Waals surface area contributed by atoms with Gasteiger partial charge in [-0.05, 0) is 18.2 Å². The number of anilines is 1. The van der Waals surface area contributed by atoms with Crippen LogP contribution in [0, 0.1) is 0 Å². The number of nitrogens with zero attached hydrogens (tertiary/aromatic N) is 2. The molecule has 9 heteroatoms. The Bertz CT molecular complexity index is 707. The average molecular weight is 376 g/mol. The van der Waals surface area contributed by atoms with E-state index in [-0.39, 0.29) is 5.69 Å². The highest BCUT2D eigenvalue weighted by Crippen LogP contribution is 2.31. The Morgan fingerprint density at radius 3 is 2.59 bits per heavy atom. The van der Waals surface area contributed by atoms with Crippen molar-refractivity contribution in [1.29, 1.82) is 0 Å². The lowest BCUT2D eigenvalue weighted by molar-refractivity contribution is -0.141. The van der Waals surface area contributed by atoms with Crippen LogP contribution in [0.2, 0.25) is 0 Å². The van der Waals surface area contributed by atoms with Crippen LogP contribution >= 0.6 is 15.9 Å². The van der Waals surface area contributed by atoms with Crippen molar-refractivity contribution in [1.82, 2.24) is 9.97 Å². The van der Waals surface area contributed by atoms with Crippen LogP contribution in [0.1, 0.15) is 5.69 Å². The summed E-state index contributed by atoms with van der Waals surface area (Å²) >= 11 is 3.23. The largest absolute Gasteiger partial charge is 0.480 e. The fourth-order valence-corrected chi connectivity index (χ4v) is 2.02. The van der Waals surface area contributed by atoms with Crippen molar-refractivity contribution in [2.24, 2.45) is 0 Å². The van der Waals surface area contributed by atoms with Crippen molar-refractivity contribution in [2.75, 3.05) is 11.9 Å². The summed E-state index contributed by atoms with van der Waals surface area (Å²) in [6.07, 6.45) is -4.66. The Labute approximate surface area is 131 Å². The topological polar surface area (TPSA) is 75.1 Å². The molecule has 0 fully saturated rings. The molecule has 1 aromatic heterocycles. The summed E-state index contributed by atoms with van der Waals surface area (Å²) in [6.45, 7) is -0.584. The summed E-state index contributed by atoms with van der Waals surface area (Å²) in [5.74, 6) is -1.63. The first kappa shape index (κ1) is 16.2. The van der Waals surface area contributed by atoms with Crippen LogP contribution in [0.4, 0.5) is 19.1 Å². The number of halogens is 4. The molecule has 116 valence electrons. The lowest BCUT2D eigenvalue weighted by Gasteiger charge is -2.11. The summed E-state index contributed by atoms with van der Waals surface area (Å²) < 4.78 is 39.4. The zero-order valence-electron chi connectivity index (χ0n) is 10.9. The molecule has 0 aliphatic carbocycles. The molecule has 5 nitrogen and oxygen atoms in total. The first-order chi connectivity index (χ1) is 10.3. The van der Waals surface area contributed by atoms with E-state index >= 15 is 0 Å². The van der Waals surface area contributed by atoms with Crippen LogP contribution in [0.3, 0.4) is 0 Å². The van der Waals surface area contributed by atoms with E-state index < -0.39 is 30.3 Å². The van der Waals surface area contributed by atoms with Gasteiger partial charge in [-0.1, -0.05) is 28.1 Å². The summed E-state index contributed by atoms with van der Waals surface area (Å²) in [6, 6.07) is 7.38. The highest BCUT2D eigenvalue weighted by molar-refractivity contribution is 9.10. The van der Waals surface area contributed by atoms with E-state index in [9.17, 15) is 18.0 Å². The summed E-state index contributed by atoms with van der Waals surface area (Å²) in [7, 11) is 0. The lowest BCUT2D eigenvalue weighted by Crippen LogP contribution is -2.17. The minimum Gasteiger partial charge on any atom is -0.480 e. The van der Waals surface area contributed by atoms with Gasteiger partial charge in [-0.25, -0.2) is 9.97 Å². The zero-order chi connectivity index (χ0) is 16.3. The number of rotatable bonds is 4. The van der Waals surface area contributed by atoms with Crippen LogP contribution in [0.5, 0.6) is 0 Å². The number of aliphatic carboxylic acids is 1. The van der Waals surface area contributed by atoms with Crippen molar-refractivity contribution in [3.05, 3.63) is 40.5 Å². The highest BCUT2D eigenvalue weighted by Gasteiger charge is 2.33. The molecule has 0 bridgehead atoms. The summed E-state index contributed by atoms with van der Waals surface area (Å²) in [5.41, 5.74) is -0.664. The first-order valence-electron chi connectivity index (χ1n) is 5.93. The molecule has 0 saturated carbocycles. The van der Waals surface area contributed by atoms with Crippen molar-refractivity contribution < 1.29 is 23.1 Å². The number of carboxylic acid groups (broad SMARTS) is 1. The number of hydrogen-bond donors (Lipinski definition) is 2. The third-order valence-electron chi connectivity index (χ3n) is 2.53. The van der Waals surface area contributed by atoms with E-state index in [2.05, 4.69) is 31.2 Å². The Kier molecular flexibility index (Phi) is 4.65. The van der Waals surface area contributed by atoms with E-state index in [0.717, 1.165) is 6.07 Å². The van der Waals surface area contributed by atoms with Crippen LogP contribution in [-0.2, 0) is 11.0 Å². The van der Waals surface area contributed by atoms with Gasteiger partial charge in [0.2, 0.25) is 5.95 Å². The van der Waals surface area contributed by atoms with Crippen molar-refractivity contribution in [2.45, 2.75) is 6.18 Å². The van der Waals surface area contributed by atoms with Gasteiger partial charge < -0.3 is 10.4 Å². The maximum absolute atomic E-state index is 12.9. The highest BCUT2D eigenvalue weighted by atomic mass is 79.9. The van der Waals surface area contributed by atoms with Crippen LogP contribution in [0.15, 0.2) is 34.8 Å². The number of nitrogens with one attached hydrogen (secondary N) is 1. The van der Waals surface area contributed by atoms with E-state index in [1.165, 1.54) is 0 Å². The minimum atomic E-state index is -4.66. The first-order valence-corrected chi connectivity index (χ1v) is 6.73. The molecule has 0 spiro atoms. The second kappa shape index (κ2) is 6.30. The molecule has 0 atom stereocenters. The van der Waals surface area contributed by atoms with Gasteiger partial charge in [0, 0.05) is 10.0 Å². The molecule has 1 heterocycles. The average Bonchev–Trinajstić information content (AvgIpc) is 2.44. The SMILES string of the molecule is O=C(O)CNc1nc(-c2cccc(Br)c2)cc(C(F)(F)F)n1.